The van der Waals surface area contributed by atoms with Gasteiger partial charge in [-0.3, -0.25) is 0 Å². The summed E-state index contributed by atoms with van der Waals surface area (Å²) >= 11 is 0. The summed E-state index contributed by atoms with van der Waals surface area (Å²) in [4.78, 5) is 0. The van der Waals surface area contributed by atoms with Crippen LogP contribution in [0.25, 0.3) is 0 Å². The Morgan fingerprint density at radius 1 is 0.886 bits per heavy atom. The molecule has 2 nitrogen and oxygen atoms in total. The number of azo groups is 1. The van der Waals surface area contributed by atoms with Gasteiger partial charge in [-0.2, -0.15) is 10.2 Å². The minimum Gasteiger partial charge on any atom is -0.206 e. The van der Waals surface area contributed by atoms with Gasteiger partial charge in [0.1, 0.15) is 11.6 Å². The Kier molecular flexibility index (Phi) is 8.42. The highest BCUT2D eigenvalue weighted by atomic mass is 19.1. The highest BCUT2D eigenvalue weighted by molar-refractivity contribution is 5.50. The maximum atomic E-state index is 15.1. The lowest BCUT2D eigenvalue weighted by Gasteiger charge is -2.25. The van der Waals surface area contributed by atoms with Crippen LogP contribution in [0.4, 0.5) is 20.2 Å². The molecular formula is C31H32F2N2. The standard InChI is InChI=1S/C31H32F2N2/c1-3-5-7-22-8-14-26(15-9-22)34-35-27-16-10-23(11-17-27)12-19-29-30(32)21-25-20-24(6-4-2)13-18-28(25)31(29)33/h8-11,14-17,21,24H,3-7,13,18,20H2,1-2H3. The number of aryl methyl sites for hydroxylation is 1. The Hall–Kier alpha value is -3.32. The second kappa shape index (κ2) is 11.9. The first-order chi connectivity index (χ1) is 17.1. The van der Waals surface area contributed by atoms with E-state index >= 15 is 4.39 Å². The van der Waals surface area contributed by atoms with Gasteiger partial charge in [0.2, 0.25) is 0 Å². The van der Waals surface area contributed by atoms with Crippen molar-refractivity contribution in [3.8, 4) is 11.8 Å². The number of unbranched alkanes of at least 4 members (excludes halogenated alkanes) is 1. The smallest absolute Gasteiger partial charge is 0.145 e. The molecule has 0 amide bonds. The van der Waals surface area contributed by atoms with Crippen LogP contribution in [0.3, 0.4) is 0 Å². The number of benzene rings is 3. The number of nitrogens with zero attached hydrogens (tertiary/aromatic N) is 2. The van der Waals surface area contributed by atoms with Crippen molar-refractivity contribution in [2.24, 2.45) is 16.1 Å². The predicted molar refractivity (Wildman–Crippen MR) is 138 cm³/mol. The van der Waals surface area contributed by atoms with Gasteiger partial charge in [-0.05, 0) is 97.2 Å². The molecule has 0 heterocycles. The molecule has 180 valence electrons. The highest BCUT2D eigenvalue weighted by Crippen LogP contribution is 2.32. The zero-order chi connectivity index (χ0) is 24.6. The maximum absolute atomic E-state index is 15.1. The molecule has 4 rings (SSSR count). The van der Waals surface area contributed by atoms with Crippen molar-refractivity contribution in [1.82, 2.24) is 0 Å². The molecule has 3 aromatic carbocycles. The molecule has 1 aliphatic rings. The van der Waals surface area contributed by atoms with E-state index in [2.05, 4.69) is 48.0 Å². The first-order valence-corrected chi connectivity index (χ1v) is 12.7. The van der Waals surface area contributed by atoms with Crippen LogP contribution in [-0.4, -0.2) is 0 Å². The lowest BCUT2D eigenvalue weighted by atomic mass is 9.81. The van der Waals surface area contributed by atoms with E-state index in [4.69, 9.17) is 0 Å². The number of hydrogen-bond acceptors (Lipinski definition) is 2. The van der Waals surface area contributed by atoms with E-state index < -0.39 is 11.6 Å². The first kappa shape index (κ1) is 24.8. The van der Waals surface area contributed by atoms with Gasteiger partial charge in [0, 0.05) is 5.56 Å². The molecule has 0 bridgehead atoms. The van der Waals surface area contributed by atoms with Crippen molar-refractivity contribution in [2.45, 2.75) is 65.2 Å². The minimum absolute atomic E-state index is 0.135. The van der Waals surface area contributed by atoms with Gasteiger partial charge in [-0.25, -0.2) is 8.78 Å². The molecule has 35 heavy (non-hydrogen) atoms. The molecule has 0 radical (unpaired) electrons. The van der Waals surface area contributed by atoms with Crippen molar-refractivity contribution >= 4 is 11.4 Å². The molecule has 0 saturated heterocycles. The SMILES string of the molecule is CCCCc1ccc(N=Nc2ccc(C#Cc3c(F)cc4c(c3F)CCC(CCC)C4)cc2)cc1. The van der Waals surface area contributed by atoms with E-state index in [0.29, 0.717) is 29.2 Å². The van der Waals surface area contributed by atoms with Crippen LogP contribution in [0.1, 0.15) is 73.8 Å². The maximum Gasteiger partial charge on any atom is 0.145 e. The summed E-state index contributed by atoms with van der Waals surface area (Å²) in [5.41, 5.74) is 4.78. The zero-order valence-corrected chi connectivity index (χ0v) is 20.6. The first-order valence-electron chi connectivity index (χ1n) is 12.7. The van der Waals surface area contributed by atoms with E-state index in [1.807, 2.05) is 12.1 Å². The van der Waals surface area contributed by atoms with Crippen LogP contribution in [0.15, 0.2) is 64.8 Å². The third kappa shape index (κ3) is 6.42. The summed E-state index contributed by atoms with van der Waals surface area (Å²) in [6.07, 6.45) is 8.00. The van der Waals surface area contributed by atoms with Crippen molar-refractivity contribution in [2.75, 3.05) is 0 Å². The Labute approximate surface area is 207 Å². The third-order valence-corrected chi connectivity index (χ3v) is 6.66. The molecule has 1 atom stereocenters. The molecular weight excluding hydrogens is 438 g/mol. The lowest BCUT2D eigenvalue weighted by Crippen LogP contribution is -2.17. The summed E-state index contributed by atoms with van der Waals surface area (Å²) in [5.74, 6) is 5.08. The molecule has 0 N–H and O–H groups in total. The molecule has 4 heteroatoms. The van der Waals surface area contributed by atoms with E-state index in [0.717, 1.165) is 43.4 Å². The number of halogens is 2. The topological polar surface area (TPSA) is 24.7 Å². The summed E-state index contributed by atoms with van der Waals surface area (Å²) in [6.45, 7) is 4.34. The van der Waals surface area contributed by atoms with Crippen LogP contribution in [0, 0.1) is 29.4 Å². The fourth-order valence-electron chi connectivity index (χ4n) is 4.66. The Balaban J connectivity index is 1.44. The van der Waals surface area contributed by atoms with E-state index in [9.17, 15) is 4.39 Å². The van der Waals surface area contributed by atoms with Crippen LogP contribution in [0.2, 0.25) is 0 Å². The Morgan fingerprint density at radius 2 is 1.57 bits per heavy atom. The molecule has 0 saturated carbocycles. The largest absolute Gasteiger partial charge is 0.206 e. The monoisotopic (exact) mass is 470 g/mol. The van der Waals surface area contributed by atoms with E-state index in [-0.39, 0.29) is 5.56 Å². The van der Waals surface area contributed by atoms with Gasteiger partial charge < -0.3 is 0 Å². The van der Waals surface area contributed by atoms with Crippen molar-refractivity contribution in [1.29, 1.82) is 0 Å². The quantitative estimate of drug-likeness (QED) is 0.243. The van der Waals surface area contributed by atoms with Gasteiger partial charge in [0.25, 0.3) is 0 Å². The number of rotatable bonds is 7. The molecule has 0 aliphatic heterocycles. The molecule has 1 unspecified atom stereocenters. The zero-order valence-electron chi connectivity index (χ0n) is 20.6. The van der Waals surface area contributed by atoms with Crippen LogP contribution in [0.5, 0.6) is 0 Å². The van der Waals surface area contributed by atoms with Crippen LogP contribution in [-0.2, 0) is 19.3 Å². The fraction of sp³-hybridized carbons (Fsp3) is 0.355. The predicted octanol–water partition coefficient (Wildman–Crippen LogP) is 9.03. The second-order valence-electron chi connectivity index (χ2n) is 9.35. The third-order valence-electron chi connectivity index (χ3n) is 6.66. The van der Waals surface area contributed by atoms with Crippen molar-refractivity contribution in [3.05, 3.63) is 94.0 Å². The summed E-state index contributed by atoms with van der Waals surface area (Å²) in [7, 11) is 0. The summed E-state index contributed by atoms with van der Waals surface area (Å²) in [5, 5.41) is 8.57. The van der Waals surface area contributed by atoms with Gasteiger partial charge >= 0.3 is 0 Å². The Morgan fingerprint density at radius 3 is 2.23 bits per heavy atom. The molecule has 3 aromatic rings. The number of hydrogen-bond donors (Lipinski definition) is 0. The van der Waals surface area contributed by atoms with Gasteiger partial charge in [-0.15, -0.1) is 0 Å². The average molecular weight is 471 g/mol. The van der Waals surface area contributed by atoms with Crippen molar-refractivity contribution in [3.63, 3.8) is 0 Å². The Bertz CT molecular complexity index is 1230. The number of fused-ring (bicyclic) bond motifs is 1. The normalized spacial score (nSPS) is 15.0. The molecule has 0 fully saturated rings. The fourth-order valence-corrected chi connectivity index (χ4v) is 4.66. The van der Waals surface area contributed by atoms with Crippen LogP contribution >= 0.6 is 0 Å². The second-order valence-corrected chi connectivity index (χ2v) is 9.35. The van der Waals surface area contributed by atoms with Crippen LogP contribution < -0.4 is 0 Å². The van der Waals surface area contributed by atoms with E-state index in [1.165, 1.54) is 24.5 Å². The van der Waals surface area contributed by atoms with Gasteiger partial charge in [0.05, 0.1) is 16.9 Å². The molecule has 0 aromatic heterocycles. The van der Waals surface area contributed by atoms with Crippen molar-refractivity contribution < 1.29 is 8.78 Å². The van der Waals surface area contributed by atoms with E-state index in [1.54, 1.807) is 24.3 Å². The molecule has 0 spiro atoms. The lowest BCUT2D eigenvalue weighted by molar-refractivity contribution is 0.411. The van der Waals surface area contributed by atoms with Gasteiger partial charge in [-0.1, -0.05) is 57.1 Å². The summed E-state index contributed by atoms with van der Waals surface area (Å²) < 4.78 is 29.8. The van der Waals surface area contributed by atoms with Gasteiger partial charge in [0.15, 0.2) is 0 Å². The molecule has 1 aliphatic carbocycles. The highest BCUT2D eigenvalue weighted by Gasteiger charge is 2.24. The summed E-state index contributed by atoms with van der Waals surface area (Å²) in [6, 6.07) is 16.8. The minimum atomic E-state index is -0.572. The average Bonchev–Trinajstić information content (AvgIpc) is 2.87.